The Morgan fingerprint density at radius 3 is 3.12 bits per heavy atom. The predicted octanol–water partition coefficient (Wildman–Crippen LogP) is 1.87. The van der Waals surface area contributed by atoms with Gasteiger partial charge in [0, 0.05) is 6.42 Å². The summed E-state index contributed by atoms with van der Waals surface area (Å²) in [7, 11) is 0. The van der Waals surface area contributed by atoms with Gasteiger partial charge in [0.2, 0.25) is 5.91 Å². The van der Waals surface area contributed by atoms with Crippen molar-refractivity contribution in [1.29, 1.82) is 0 Å². The topological polar surface area (TPSA) is 83.6 Å². The summed E-state index contributed by atoms with van der Waals surface area (Å²) in [6.45, 7) is 2.11. The normalized spacial score (nSPS) is 10.6. The Balaban J connectivity index is 2.03. The van der Waals surface area contributed by atoms with E-state index in [9.17, 15) is 4.79 Å². The second-order valence-corrected chi connectivity index (χ2v) is 3.86. The third-order valence-electron chi connectivity index (χ3n) is 2.51. The van der Waals surface area contributed by atoms with Gasteiger partial charge in [-0.2, -0.15) is 5.10 Å². The lowest BCUT2D eigenvalue weighted by molar-refractivity contribution is -0.116. The molecule has 2 aromatic heterocycles. The van der Waals surface area contributed by atoms with E-state index in [1.807, 2.05) is 0 Å². The molecule has 6 nitrogen and oxygen atoms in total. The summed E-state index contributed by atoms with van der Waals surface area (Å²) in [5, 5.41) is 10.1. The number of nitrogens with zero attached hydrogens (tertiary/aromatic N) is 3. The quantitative estimate of drug-likeness (QED) is 0.772. The molecule has 6 heteroatoms. The second-order valence-electron chi connectivity index (χ2n) is 3.86. The van der Waals surface area contributed by atoms with Crippen molar-refractivity contribution in [2.24, 2.45) is 0 Å². The second kappa shape index (κ2) is 5.38. The minimum Gasteiger partial charge on any atom is -0.310 e. The number of hydrogen-bond donors (Lipinski definition) is 2. The SMILES string of the molecule is CCCCCC(=O)Nc1ncnc2[nH]ncc12. The van der Waals surface area contributed by atoms with Gasteiger partial charge in [-0.05, 0) is 6.42 Å². The number of fused-ring (bicyclic) bond motifs is 1. The Morgan fingerprint density at radius 1 is 1.41 bits per heavy atom. The van der Waals surface area contributed by atoms with Crippen molar-refractivity contribution < 1.29 is 4.79 Å². The molecular formula is C11H15N5O. The summed E-state index contributed by atoms with van der Waals surface area (Å²) < 4.78 is 0. The van der Waals surface area contributed by atoms with Crippen LogP contribution in [-0.4, -0.2) is 26.1 Å². The van der Waals surface area contributed by atoms with Crippen LogP contribution in [0.2, 0.25) is 0 Å². The maximum Gasteiger partial charge on any atom is 0.225 e. The molecule has 2 aromatic rings. The van der Waals surface area contributed by atoms with Gasteiger partial charge in [0.25, 0.3) is 0 Å². The van der Waals surface area contributed by atoms with Gasteiger partial charge in [-0.15, -0.1) is 0 Å². The van der Waals surface area contributed by atoms with Crippen LogP contribution in [-0.2, 0) is 4.79 Å². The van der Waals surface area contributed by atoms with Gasteiger partial charge >= 0.3 is 0 Å². The Hall–Kier alpha value is -1.98. The lowest BCUT2D eigenvalue weighted by atomic mass is 10.2. The van der Waals surface area contributed by atoms with Crippen molar-refractivity contribution >= 4 is 22.8 Å². The van der Waals surface area contributed by atoms with Crippen LogP contribution >= 0.6 is 0 Å². The van der Waals surface area contributed by atoms with Crippen molar-refractivity contribution in [2.75, 3.05) is 5.32 Å². The molecule has 2 rings (SSSR count). The monoisotopic (exact) mass is 233 g/mol. The van der Waals surface area contributed by atoms with Gasteiger partial charge in [-0.25, -0.2) is 9.97 Å². The molecule has 0 atom stereocenters. The van der Waals surface area contributed by atoms with Gasteiger partial charge in [0.05, 0.1) is 11.6 Å². The number of aromatic amines is 1. The lowest BCUT2D eigenvalue weighted by Gasteiger charge is -2.04. The fourth-order valence-electron chi connectivity index (χ4n) is 1.59. The first-order valence-corrected chi connectivity index (χ1v) is 5.75. The molecule has 0 saturated carbocycles. The summed E-state index contributed by atoms with van der Waals surface area (Å²) in [5.41, 5.74) is 0.629. The van der Waals surface area contributed by atoms with Gasteiger partial charge in [0.15, 0.2) is 5.65 Å². The van der Waals surface area contributed by atoms with E-state index in [0.29, 0.717) is 17.9 Å². The summed E-state index contributed by atoms with van der Waals surface area (Å²) in [6, 6.07) is 0. The van der Waals surface area contributed by atoms with E-state index in [2.05, 4.69) is 32.4 Å². The minimum atomic E-state index is -0.0142. The first-order valence-electron chi connectivity index (χ1n) is 5.75. The number of H-pyrrole nitrogens is 1. The van der Waals surface area contributed by atoms with Crippen LogP contribution in [0.4, 0.5) is 5.82 Å². The fourth-order valence-corrected chi connectivity index (χ4v) is 1.59. The number of unbranched alkanes of at least 4 members (excludes halogenated alkanes) is 2. The number of carbonyl (C=O) groups excluding carboxylic acids is 1. The highest BCUT2D eigenvalue weighted by Gasteiger charge is 2.08. The number of anilines is 1. The summed E-state index contributed by atoms with van der Waals surface area (Å²) >= 11 is 0. The van der Waals surface area contributed by atoms with E-state index in [-0.39, 0.29) is 5.91 Å². The highest BCUT2D eigenvalue weighted by Crippen LogP contribution is 2.16. The molecule has 0 radical (unpaired) electrons. The number of hydrogen-bond acceptors (Lipinski definition) is 4. The molecular weight excluding hydrogens is 218 g/mol. The average Bonchev–Trinajstić information content (AvgIpc) is 2.78. The van der Waals surface area contributed by atoms with Crippen LogP contribution in [0.5, 0.6) is 0 Å². The first kappa shape index (κ1) is 11.5. The Labute approximate surface area is 98.9 Å². The number of amides is 1. The van der Waals surface area contributed by atoms with Crippen LogP contribution in [0.1, 0.15) is 32.6 Å². The molecule has 90 valence electrons. The van der Waals surface area contributed by atoms with Crippen molar-refractivity contribution in [1.82, 2.24) is 20.2 Å². The molecule has 0 fully saturated rings. The van der Waals surface area contributed by atoms with Crippen molar-refractivity contribution in [3.63, 3.8) is 0 Å². The molecule has 0 aliphatic heterocycles. The third kappa shape index (κ3) is 2.77. The largest absolute Gasteiger partial charge is 0.310 e. The lowest BCUT2D eigenvalue weighted by Crippen LogP contribution is -2.12. The zero-order valence-corrected chi connectivity index (χ0v) is 9.73. The number of rotatable bonds is 5. The molecule has 0 spiro atoms. The Kier molecular flexibility index (Phi) is 3.64. The summed E-state index contributed by atoms with van der Waals surface area (Å²) in [6.07, 6.45) is 6.61. The molecule has 1 amide bonds. The van der Waals surface area contributed by atoms with Crippen molar-refractivity contribution in [3.05, 3.63) is 12.5 Å². The first-order chi connectivity index (χ1) is 8.31. The highest BCUT2D eigenvalue weighted by molar-refractivity contribution is 5.97. The van der Waals surface area contributed by atoms with E-state index < -0.39 is 0 Å². The third-order valence-corrected chi connectivity index (χ3v) is 2.51. The Morgan fingerprint density at radius 2 is 2.29 bits per heavy atom. The van der Waals surface area contributed by atoms with Crippen LogP contribution in [0, 0.1) is 0 Å². The maximum absolute atomic E-state index is 11.7. The Bertz CT molecular complexity index is 507. The van der Waals surface area contributed by atoms with Crippen LogP contribution in [0.3, 0.4) is 0 Å². The zero-order chi connectivity index (χ0) is 12.1. The molecule has 0 aromatic carbocycles. The van der Waals surface area contributed by atoms with Crippen LogP contribution < -0.4 is 5.32 Å². The molecule has 0 unspecified atom stereocenters. The molecule has 2 N–H and O–H groups in total. The van der Waals surface area contributed by atoms with Crippen LogP contribution in [0.25, 0.3) is 11.0 Å². The minimum absolute atomic E-state index is 0.0142. The van der Waals surface area contributed by atoms with E-state index in [1.54, 1.807) is 6.20 Å². The summed E-state index contributed by atoms with van der Waals surface area (Å²) in [5.74, 6) is 0.505. The maximum atomic E-state index is 11.7. The van der Waals surface area contributed by atoms with E-state index in [1.165, 1.54) is 6.33 Å². The smallest absolute Gasteiger partial charge is 0.225 e. The summed E-state index contributed by atoms with van der Waals surface area (Å²) in [4.78, 5) is 19.7. The fraction of sp³-hybridized carbons (Fsp3) is 0.455. The van der Waals surface area contributed by atoms with E-state index >= 15 is 0 Å². The molecule has 0 saturated heterocycles. The van der Waals surface area contributed by atoms with Gasteiger partial charge < -0.3 is 5.32 Å². The molecule has 0 bridgehead atoms. The molecule has 0 aliphatic rings. The molecule has 0 aliphatic carbocycles. The van der Waals surface area contributed by atoms with Gasteiger partial charge in [0.1, 0.15) is 12.1 Å². The standard InChI is InChI=1S/C11H15N5O/c1-2-3-4-5-9(17)15-10-8-6-14-16-11(8)13-7-12-10/h6-7H,2-5H2,1H3,(H2,12,13,14,15,16,17). The van der Waals surface area contributed by atoms with Crippen LogP contribution in [0.15, 0.2) is 12.5 Å². The highest BCUT2D eigenvalue weighted by atomic mass is 16.1. The number of carbonyl (C=O) groups is 1. The van der Waals surface area contributed by atoms with Crippen molar-refractivity contribution in [2.45, 2.75) is 32.6 Å². The van der Waals surface area contributed by atoms with Gasteiger partial charge in [-0.3, -0.25) is 9.89 Å². The van der Waals surface area contributed by atoms with Gasteiger partial charge in [-0.1, -0.05) is 19.8 Å². The predicted molar refractivity (Wildman–Crippen MR) is 64.5 cm³/mol. The molecule has 17 heavy (non-hydrogen) atoms. The number of nitrogens with one attached hydrogen (secondary N) is 2. The zero-order valence-electron chi connectivity index (χ0n) is 9.73. The number of aromatic nitrogens is 4. The average molecular weight is 233 g/mol. The van der Waals surface area contributed by atoms with Crippen molar-refractivity contribution in [3.8, 4) is 0 Å². The molecule has 2 heterocycles. The van der Waals surface area contributed by atoms with E-state index in [0.717, 1.165) is 24.6 Å². The van der Waals surface area contributed by atoms with E-state index in [4.69, 9.17) is 0 Å².